The van der Waals surface area contributed by atoms with Crippen LogP contribution >= 0.6 is 11.3 Å². The molecule has 1 aliphatic rings. The molecule has 0 fully saturated rings. The lowest BCUT2D eigenvalue weighted by Crippen LogP contribution is -2.18. The maximum absolute atomic E-state index is 6.69. The van der Waals surface area contributed by atoms with E-state index in [1.165, 1.54) is 59.2 Å². The van der Waals surface area contributed by atoms with E-state index < -0.39 is 0 Å². The van der Waals surface area contributed by atoms with Crippen molar-refractivity contribution in [3.8, 4) is 78.7 Å². The summed E-state index contributed by atoms with van der Waals surface area (Å²) in [6, 6.07) is 81.6. The zero-order valence-corrected chi connectivity index (χ0v) is 38.5. The minimum atomic E-state index is 0.0720. The number of hydrogen-bond acceptors (Lipinski definition) is 6. The third-order valence-corrected chi connectivity index (χ3v) is 15.1. The van der Waals surface area contributed by atoms with Crippen molar-refractivity contribution in [2.75, 3.05) is 5.32 Å². The second-order valence-electron chi connectivity index (χ2n) is 17.9. The molecule has 1 unspecified atom stereocenters. The SMILES string of the molecule is c1ccc(-c2nc(-c3ccccc3)nc(-c3ccc(-c4ccc5oc6c(-c7ccc(-c8cccc9c8sc8c%10c(ccc89)C(c8ccccc8)Nc8ccccc8-%10)cc7)cccc6c5c4)cc3)n2)cc1. The molecule has 3 aromatic heterocycles. The molecule has 1 atom stereocenters. The van der Waals surface area contributed by atoms with Gasteiger partial charge in [-0.15, -0.1) is 11.3 Å². The fourth-order valence-corrected chi connectivity index (χ4v) is 11.8. The van der Waals surface area contributed by atoms with Gasteiger partial charge < -0.3 is 9.73 Å². The highest BCUT2D eigenvalue weighted by molar-refractivity contribution is 7.27. The average Bonchev–Trinajstić information content (AvgIpc) is 4.02. The largest absolute Gasteiger partial charge is 0.455 e. The van der Waals surface area contributed by atoms with E-state index in [2.05, 4.69) is 175 Å². The number of hydrogen-bond donors (Lipinski definition) is 1. The van der Waals surface area contributed by atoms with E-state index in [0.29, 0.717) is 17.5 Å². The van der Waals surface area contributed by atoms with Crippen LogP contribution in [0.25, 0.3) is 121 Å². The maximum Gasteiger partial charge on any atom is 0.164 e. The number of rotatable bonds is 7. The average molecular weight is 913 g/mol. The molecule has 0 spiro atoms. The van der Waals surface area contributed by atoms with Crippen molar-refractivity contribution in [2.45, 2.75) is 6.04 Å². The number of anilines is 1. The van der Waals surface area contributed by atoms with E-state index in [4.69, 9.17) is 19.4 Å². The molecule has 4 heterocycles. The number of para-hydroxylation sites is 2. The van der Waals surface area contributed by atoms with Crippen molar-refractivity contribution in [3.63, 3.8) is 0 Å². The van der Waals surface area contributed by atoms with Gasteiger partial charge in [0.2, 0.25) is 0 Å². The summed E-state index contributed by atoms with van der Waals surface area (Å²) in [4.78, 5) is 14.7. The van der Waals surface area contributed by atoms with Crippen LogP contribution in [0.1, 0.15) is 17.2 Å². The molecule has 328 valence electrons. The summed E-state index contributed by atoms with van der Waals surface area (Å²) in [6.07, 6.45) is 0. The molecule has 6 heteroatoms. The number of benzene rings is 10. The van der Waals surface area contributed by atoms with Gasteiger partial charge in [-0.05, 0) is 57.1 Å². The highest BCUT2D eigenvalue weighted by Gasteiger charge is 2.28. The van der Waals surface area contributed by atoms with Gasteiger partial charge >= 0.3 is 0 Å². The number of fused-ring (bicyclic) bond motifs is 10. The smallest absolute Gasteiger partial charge is 0.164 e. The Morgan fingerprint density at radius 3 is 1.60 bits per heavy atom. The second-order valence-corrected chi connectivity index (χ2v) is 18.9. The molecule has 0 saturated carbocycles. The second kappa shape index (κ2) is 16.4. The molecule has 1 aliphatic heterocycles. The number of aromatic nitrogens is 3. The van der Waals surface area contributed by atoms with Crippen LogP contribution in [0.5, 0.6) is 0 Å². The first-order chi connectivity index (χ1) is 34.7. The zero-order chi connectivity index (χ0) is 46.1. The summed E-state index contributed by atoms with van der Waals surface area (Å²) >= 11 is 1.91. The Morgan fingerprint density at radius 2 is 0.900 bits per heavy atom. The fourth-order valence-electron chi connectivity index (χ4n) is 10.4. The first-order valence-electron chi connectivity index (χ1n) is 23.6. The van der Waals surface area contributed by atoms with E-state index in [9.17, 15) is 0 Å². The number of thiophene rings is 1. The van der Waals surface area contributed by atoms with E-state index in [-0.39, 0.29) is 6.04 Å². The number of furan rings is 1. The summed E-state index contributed by atoms with van der Waals surface area (Å²) in [5, 5.41) is 8.62. The molecule has 10 aromatic carbocycles. The lowest BCUT2D eigenvalue weighted by Gasteiger charge is -2.30. The van der Waals surface area contributed by atoms with Crippen molar-refractivity contribution < 1.29 is 4.42 Å². The lowest BCUT2D eigenvalue weighted by atomic mass is 9.85. The first kappa shape index (κ1) is 40.1. The van der Waals surface area contributed by atoms with Gasteiger partial charge in [-0.25, -0.2) is 15.0 Å². The van der Waals surface area contributed by atoms with Crippen LogP contribution in [0.4, 0.5) is 5.69 Å². The van der Waals surface area contributed by atoms with Crippen LogP contribution in [0.3, 0.4) is 0 Å². The van der Waals surface area contributed by atoms with Crippen LogP contribution < -0.4 is 5.32 Å². The van der Waals surface area contributed by atoms with Gasteiger partial charge in [-0.2, -0.15) is 0 Å². The first-order valence-corrected chi connectivity index (χ1v) is 24.4. The Balaban J connectivity index is 0.789. The fraction of sp³-hybridized carbons (Fsp3) is 0.0156. The Morgan fingerprint density at radius 1 is 0.371 bits per heavy atom. The van der Waals surface area contributed by atoms with Crippen molar-refractivity contribution in [1.29, 1.82) is 0 Å². The van der Waals surface area contributed by atoms with Gasteiger partial charge in [-0.3, -0.25) is 0 Å². The van der Waals surface area contributed by atoms with Crippen LogP contribution in [-0.2, 0) is 0 Å². The Kier molecular flexibility index (Phi) is 9.39. The molecule has 13 aromatic rings. The minimum absolute atomic E-state index is 0.0720. The Bertz CT molecular complexity index is 4070. The molecule has 0 amide bonds. The Hall–Kier alpha value is -8.97. The molecular weight excluding hydrogens is 873 g/mol. The summed E-state index contributed by atoms with van der Waals surface area (Å²) in [5.41, 5.74) is 17.7. The van der Waals surface area contributed by atoms with E-state index >= 15 is 0 Å². The lowest BCUT2D eigenvalue weighted by molar-refractivity contribution is 0.670. The molecule has 70 heavy (non-hydrogen) atoms. The molecule has 1 N–H and O–H groups in total. The monoisotopic (exact) mass is 912 g/mol. The molecule has 5 nitrogen and oxygen atoms in total. The predicted octanol–water partition coefficient (Wildman–Crippen LogP) is 17.3. The molecular formula is C64H40N4OS. The molecule has 0 bridgehead atoms. The zero-order valence-electron chi connectivity index (χ0n) is 37.7. The molecule has 0 aliphatic carbocycles. The predicted molar refractivity (Wildman–Crippen MR) is 290 cm³/mol. The maximum atomic E-state index is 6.69. The minimum Gasteiger partial charge on any atom is -0.455 e. The summed E-state index contributed by atoms with van der Waals surface area (Å²) < 4.78 is 9.32. The summed E-state index contributed by atoms with van der Waals surface area (Å²) in [7, 11) is 0. The van der Waals surface area contributed by atoms with Crippen molar-refractivity contribution in [2.24, 2.45) is 0 Å². The summed E-state index contributed by atoms with van der Waals surface area (Å²) in [5.74, 6) is 1.92. The number of nitrogens with zero attached hydrogens (tertiary/aromatic N) is 3. The highest BCUT2D eigenvalue weighted by atomic mass is 32.1. The standard InChI is InChI=1S/C64H40N4OS/c1-4-14-42(15-5-1)58-53-36-35-51-50-24-13-22-48(60(50)70-61(51)57(53)52-20-10-11-25-55(52)65-58)41-30-28-40(29-31-41)47-21-12-23-49-54-38-46(34-37-56(54)69-59(47)49)39-26-32-45(33-27-39)64-67-62(43-16-6-2-7-17-43)66-63(68-64)44-18-8-3-9-19-44/h1-38,58,65H. The van der Waals surface area contributed by atoms with Crippen LogP contribution in [-0.4, -0.2) is 15.0 Å². The van der Waals surface area contributed by atoms with Gasteiger partial charge in [0.1, 0.15) is 11.2 Å². The van der Waals surface area contributed by atoms with E-state index in [1.807, 2.05) is 72.0 Å². The quantitative estimate of drug-likeness (QED) is 0.173. The third kappa shape index (κ3) is 6.72. The summed E-state index contributed by atoms with van der Waals surface area (Å²) in [6.45, 7) is 0. The van der Waals surface area contributed by atoms with Gasteiger partial charge in [0.25, 0.3) is 0 Å². The Labute approximate surface area is 408 Å². The van der Waals surface area contributed by atoms with Gasteiger partial charge in [0.05, 0.1) is 6.04 Å². The van der Waals surface area contributed by atoms with Gasteiger partial charge in [-0.1, -0.05) is 212 Å². The molecule has 14 rings (SSSR count). The van der Waals surface area contributed by atoms with Gasteiger partial charge in [0, 0.05) is 70.0 Å². The van der Waals surface area contributed by atoms with Crippen molar-refractivity contribution in [3.05, 3.63) is 242 Å². The van der Waals surface area contributed by atoms with Crippen LogP contribution in [0.2, 0.25) is 0 Å². The van der Waals surface area contributed by atoms with E-state index in [0.717, 1.165) is 60.9 Å². The molecule has 0 radical (unpaired) electrons. The van der Waals surface area contributed by atoms with Crippen LogP contribution in [0, 0.1) is 0 Å². The topological polar surface area (TPSA) is 63.8 Å². The van der Waals surface area contributed by atoms with Gasteiger partial charge in [0.15, 0.2) is 17.5 Å². The molecule has 0 saturated heterocycles. The highest BCUT2D eigenvalue weighted by Crippen LogP contribution is 2.51. The van der Waals surface area contributed by atoms with E-state index in [1.54, 1.807) is 0 Å². The third-order valence-electron chi connectivity index (χ3n) is 13.8. The van der Waals surface area contributed by atoms with Crippen molar-refractivity contribution >= 4 is 59.1 Å². The van der Waals surface area contributed by atoms with Crippen LogP contribution in [0.15, 0.2) is 235 Å². The van der Waals surface area contributed by atoms with Crippen molar-refractivity contribution in [1.82, 2.24) is 15.0 Å². The number of nitrogens with one attached hydrogen (secondary N) is 1. The normalized spacial score (nSPS) is 13.1.